The van der Waals surface area contributed by atoms with Crippen molar-refractivity contribution in [3.8, 4) is 5.75 Å². The maximum absolute atomic E-state index is 5.93. The Balaban J connectivity index is 1.67. The van der Waals surface area contributed by atoms with Crippen LogP contribution in [0.1, 0.15) is 11.1 Å². The summed E-state index contributed by atoms with van der Waals surface area (Å²) in [6.07, 6.45) is 1.77. The quantitative estimate of drug-likeness (QED) is 0.349. The Morgan fingerprint density at radius 1 is 0.880 bits per heavy atom. The molecule has 0 aliphatic heterocycles. The van der Waals surface area contributed by atoms with E-state index in [0.717, 1.165) is 31.5 Å². The molecule has 0 fully saturated rings. The average Bonchev–Trinajstić information content (AvgIpc) is 2.63. The summed E-state index contributed by atoms with van der Waals surface area (Å²) in [5.74, 6) is 0.775. The summed E-state index contributed by atoms with van der Waals surface area (Å²) in [5.41, 5.74) is 6.02. The monoisotopic (exact) mass is 458 g/mol. The second kappa shape index (κ2) is 8.83. The SMILES string of the molecule is Brc1cc(/C=N\Nc2ccccc2)cc(Br)c1OCc1ccccc1. The Bertz CT molecular complexity index is 829. The lowest BCUT2D eigenvalue weighted by atomic mass is 10.2. The molecule has 5 heteroatoms. The minimum absolute atomic E-state index is 0.515. The van der Waals surface area contributed by atoms with Crippen molar-refractivity contribution in [2.24, 2.45) is 5.10 Å². The first-order valence-electron chi connectivity index (χ1n) is 7.72. The maximum atomic E-state index is 5.93. The summed E-state index contributed by atoms with van der Waals surface area (Å²) in [7, 11) is 0. The van der Waals surface area contributed by atoms with Gasteiger partial charge in [0, 0.05) is 0 Å². The standard InChI is InChI=1S/C20H16Br2N2O/c21-18-11-16(13-23-24-17-9-5-2-6-10-17)12-19(22)20(18)25-14-15-7-3-1-4-8-15/h1-13,24H,14H2/b23-13-. The highest BCUT2D eigenvalue weighted by molar-refractivity contribution is 9.11. The molecule has 0 bridgehead atoms. The van der Waals surface area contributed by atoms with Gasteiger partial charge in [0.15, 0.2) is 0 Å². The Kier molecular flexibility index (Phi) is 6.25. The first-order chi connectivity index (χ1) is 12.2. The van der Waals surface area contributed by atoms with Gasteiger partial charge in [-0.3, -0.25) is 5.43 Å². The van der Waals surface area contributed by atoms with Crippen LogP contribution in [0.25, 0.3) is 0 Å². The molecule has 0 aromatic heterocycles. The van der Waals surface area contributed by atoms with Crippen molar-refractivity contribution in [2.45, 2.75) is 6.61 Å². The molecule has 0 saturated carbocycles. The van der Waals surface area contributed by atoms with Gasteiger partial charge in [-0.05, 0) is 67.3 Å². The first-order valence-corrected chi connectivity index (χ1v) is 9.31. The van der Waals surface area contributed by atoms with E-state index >= 15 is 0 Å². The van der Waals surface area contributed by atoms with E-state index in [2.05, 4.69) is 42.4 Å². The molecular formula is C20H16Br2N2O. The summed E-state index contributed by atoms with van der Waals surface area (Å²) < 4.78 is 7.68. The fourth-order valence-electron chi connectivity index (χ4n) is 2.22. The number of nitrogens with one attached hydrogen (secondary N) is 1. The molecule has 0 aliphatic rings. The van der Waals surface area contributed by atoms with Gasteiger partial charge in [0.1, 0.15) is 12.4 Å². The fourth-order valence-corrected chi connectivity index (χ4v) is 3.67. The Morgan fingerprint density at radius 2 is 1.48 bits per heavy atom. The Hall–Kier alpha value is -2.11. The molecule has 0 radical (unpaired) electrons. The van der Waals surface area contributed by atoms with Gasteiger partial charge in [0.2, 0.25) is 0 Å². The highest BCUT2D eigenvalue weighted by Crippen LogP contribution is 2.35. The van der Waals surface area contributed by atoms with Gasteiger partial charge in [0.25, 0.3) is 0 Å². The first kappa shape index (κ1) is 17.7. The molecule has 0 amide bonds. The number of ether oxygens (including phenoxy) is 1. The zero-order chi connectivity index (χ0) is 17.5. The largest absolute Gasteiger partial charge is 0.487 e. The van der Waals surface area contributed by atoms with Crippen LogP contribution in [0.3, 0.4) is 0 Å². The van der Waals surface area contributed by atoms with Crippen LogP contribution in [0.15, 0.2) is 86.8 Å². The van der Waals surface area contributed by atoms with E-state index in [0.29, 0.717) is 6.61 Å². The Labute approximate surface area is 164 Å². The minimum atomic E-state index is 0.515. The third kappa shape index (κ3) is 5.18. The minimum Gasteiger partial charge on any atom is -0.487 e. The molecule has 0 atom stereocenters. The predicted octanol–water partition coefficient (Wildman–Crippen LogP) is 6.24. The van der Waals surface area contributed by atoms with Gasteiger partial charge < -0.3 is 4.74 Å². The van der Waals surface area contributed by atoms with Crippen LogP contribution in [0.5, 0.6) is 5.75 Å². The van der Waals surface area contributed by atoms with Crippen molar-refractivity contribution in [3.63, 3.8) is 0 Å². The molecular weight excluding hydrogens is 444 g/mol. The number of anilines is 1. The molecule has 0 saturated heterocycles. The Morgan fingerprint density at radius 3 is 2.12 bits per heavy atom. The molecule has 3 aromatic rings. The fraction of sp³-hybridized carbons (Fsp3) is 0.0500. The molecule has 3 nitrogen and oxygen atoms in total. The molecule has 126 valence electrons. The molecule has 3 rings (SSSR count). The van der Waals surface area contributed by atoms with E-state index in [9.17, 15) is 0 Å². The van der Waals surface area contributed by atoms with Crippen LogP contribution in [0.2, 0.25) is 0 Å². The zero-order valence-corrected chi connectivity index (χ0v) is 16.5. The highest BCUT2D eigenvalue weighted by Gasteiger charge is 2.08. The van der Waals surface area contributed by atoms with Crippen LogP contribution in [-0.4, -0.2) is 6.21 Å². The summed E-state index contributed by atoms with van der Waals surface area (Å²) in [6.45, 7) is 0.515. The number of hydrazone groups is 1. The van der Waals surface area contributed by atoms with Crippen LogP contribution in [0.4, 0.5) is 5.69 Å². The lowest BCUT2D eigenvalue weighted by molar-refractivity contribution is 0.302. The number of benzene rings is 3. The summed E-state index contributed by atoms with van der Waals surface area (Å²) in [4.78, 5) is 0. The van der Waals surface area contributed by atoms with Crippen molar-refractivity contribution in [3.05, 3.63) is 92.9 Å². The average molecular weight is 460 g/mol. The normalized spacial score (nSPS) is 10.8. The topological polar surface area (TPSA) is 33.6 Å². The number of nitrogens with zero attached hydrogens (tertiary/aromatic N) is 1. The van der Waals surface area contributed by atoms with Gasteiger partial charge in [-0.15, -0.1) is 0 Å². The predicted molar refractivity (Wildman–Crippen MR) is 110 cm³/mol. The van der Waals surface area contributed by atoms with Crippen molar-refractivity contribution in [1.82, 2.24) is 0 Å². The van der Waals surface area contributed by atoms with E-state index in [1.807, 2.05) is 72.8 Å². The molecule has 3 aromatic carbocycles. The lowest BCUT2D eigenvalue weighted by Gasteiger charge is -2.11. The third-order valence-electron chi connectivity index (χ3n) is 3.43. The number of hydrogen-bond donors (Lipinski definition) is 1. The van der Waals surface area contributed by atoms with E-state index in [1.54, 1.807) is 6.21 Å². The third-order valence-corrected chi connectivity index (χ3v) is 4.61. The van der Waals surface area contributed by atoms with Crippen molar-refractivity contribution in [2.75, 3.05) is 5.43 Å². The molecule has 0 aliphatic carbocycles. The summed E-state index contributed by atoms with van der Waals surface area (Å²) >= 11 is 7.14. The van der Waals surface area contributed by atoms with Crippen LogP contribution >= 0.6 is 31.9 Å². The molecule has 0 spiro atoms. The van der Waals surface area contributed by atoms with Crippen molar-refractivity contribution < 1.29 is 4.74 Å². The van der Waals surface area contributed by atoms with Crippen LogP contribution in [-0.2, 0) is 6.61 Å². The van der Waals surface area contributed by atoms with Crippen LogP contribution in [0, 0.1) is 0 Å². The molecule has 0 unspecified atom stereocenters. The summed E-state index contributed by atoms with van der Waals surface area (Å²) in [6, 6.07) is 23.8. The molecule has 1 N–H and O–H groups in total. The van der Waals surface area contributed by atoms with Gasteiger partial charge >= 0.3 is 0 Å². The number of halogens is 2. The van der Waals surface area contributed by atoms with Crippen molar-refractivity contribution >= 4 is 43.8 Å². The number of hydrogen-bond acceptors (Lipinski definition) is 3. The van der Waals surface area contributed by atoms with E-state index < -0.39 is 0 Å². The van der Waals surface area contributed by atoms with E-state index in [4.69, 9.17) is 4.74 Å². The molecule has 25 heavy (non-hydrogen) atoms. The van der Waals surface area contributed by atoms with Gasteiger partial charge in [-0.2, -0.15) is 5.10 Å². The maximum Gasteiger partial charge on any atom is 0.148 e. The lowest BCUT2D eigenvalue weighted by Crippen LogP contribution is -1.98. The number of rotatable bonds is 6. The van der Waals surface area contributed by atoms with Gasteiger partial charge in [-0.1, -0.05) is 48.5 Å². The van der Waals surface area contributed by atoms with E-state index in [1.165, 1.54) is 0 Å². The summed E-state index contributed by atoms with van der Waals surface area (Å²) in [5, 5.41) is 4.26. The molecule has 0 heterocycles. The van der Waals surface area contributed by atoms with Crippen molar-refractivity contribution in [1.29, 1.82) is 0 Å². The van der Waals surface area contributed by atoms with E-state index in [-0.39, 0.29) is 0 Å². The van der Waals surface area contributed by atoms with Crippen LogP contribution < -0.4 is 10.2 Å². The second-order valence-electron chi connectivity index (χ2n) is 5.32. The van der Waals surface area contributed by atoms with Gasteiger partial charge in [0.05, 0.1) is 20.8 Å². The smallest absolute Gasteiger partial charge is 0.148 e. The van der Waals surface area contributed by atoms with Gasteiger partial charge in [-0.25, -0.2) is 0 Å². The zero-order valence-electron chi connectivity index (χ0n) is 13.3. The second-order valence-corrected chi connectivity index (χ2v) is 7.03. The highest BCUT2D eigenvalue weighted by atomic mass is 79.9. The number of para-hydroxylation sites is 1.